The number of amides is 3. The number of hydrogen-bond donors (Lipinski definition) is 2. The molecule has 0 unspecified atom stereocenters. The lowest BCUT2D eigenvalue weighted by Gasteiger charge is -2.40. The molecule has 32 heavy (non-hydrogen) atoms. The first-order valence-corrected chi connectivity index (χ1v) is 12.8. The summed E-state index contributed by atoms with van der Waals surface area (Å²) in [5, 5.41) is 5.77. The lowest BCUT2D eigenvalue weighted by molar-refractivity contribution is -0.143. The Morgan fingerprint density at radius 2 is 1.66 bits per heavy atom. The molecule has 1 aliphatic rings. The predicted octanol–water partition coefficient (Wildman–Crippen LogP) is 3.15. The average Bonchev–Trinajstić information content (AvgIpc) is 2.69. The van der Waals surface area contributed by atoms with Crippen molar-refractivity contribution in [3.05, 3.63) is 29.8 Å². The number of carbonyl (C=O) groups excluding carboxylic acids is 3. The summed E-state index contributed by atoms with van der Waals surface area (Å²) < 4.78 is 12.6. The van der Waals surface area contributed by atoms with Crippen molar-refractivity contribution in [2.24, 2.45) is 0 Å². The third-order valence-corrected chi connectivity index (χ3v) is 6.77. The molecule has 2 N–H and O–H groups in total. The highest BCUT2D eigenvalue weighted by atomic mass is 32.2. The Balaban J connectivity index is 1.95. The van der Waals surface area contributed by atoms with Crippen LogP contribution in [-0.2, 0) is 25.2 Å². The maximum atomic E-state index is 13.0. The Labute approximate surface area is 194 Å². The van der Waals surface area contributed by atoms with Gasteiger partial charge >= 0.3 is 0 Å². The summed E-state index contributed by atoms with van der Waals surface area (Å²) in [6.07, 6.45) is 5.32. The minimum atomic E-state index is -1.68. The fraction of sp³-hybridized carbons (Fsp3) is 0.625. The van der Waals surface area contributed by atoms with E-state index in [4.69, 9.17) is 0 Å². The third kappa shape index (κ3) is 8.04. The lowest BCUT2D eigenvalue weighted by Crippen LogP contribution is -2.58. The van der Waals surface area contributed by atoms with Crippen molar-refractivity contribution in [2.45, 2.75) is 84.3 Å². The number of rotatable bonds is 8. The van der Waals surface area contributed by atoms with Crippen LogP contribution in [0, 0.1) is 6.92 Å². The van der Waals surface area contributed by atoms with Gasteiger partial charge in [-0.05, 0) is 59.6 Å². The molecule has 0 spiro atoms. The van der Waals surface area contributed by atoms with Crippen LogP contribution in [0.4, 0.5) is 5.69 Å². The van der Waals surface area contributed by atoms with Crippen molar-refractivity contribution < 1.29 is 18.6 Å². The smallest absolute Gasteiger partial charge is 0.242 e. The molecule has 7 nitrogen and oxygen atoms in total. The first kappa shape index (κ1) is 26.0. The molecule has 1 aromatic rings. The summed E-state index contributed by atoms with van der Waals surface area (Å²) in [7, 11) is -1.68. The van der Waals surface area contributed by atoms with Gasteiger partial charge in [-0.1, -0.05) is 37.0 Å². The third-order valence-electron chi connectivity index (χ3n) is 5.62. The highest BCUT2D eigenvalue weighted by Crippen LogP contribution is 2.21. The quantitative estimate of drug-likeness (QED) is 0.619. The number of hydrogen-bond acceptors (Lipinski definition) is 4. The van der Waals surface area contributed by atoms with Gasteiger partial charge in [0.05, 0.1) is 0 Å². The molecule has 0 heterocycles. The Bertz CT molecular complexity index is 827. The van der Waals surface area contributed by atoms with Crippen molar-refractivity contribution in [1.29, 1.82) is 0 Å². The summed E-state index contributed by atoms with van der Waals surface area (Å²) in [4.78, 5) is 39.6. The normalized spacial score (nSPS) is 16.7. The Morgan fingerprint density at radius 1 is 1.06 bits per heavy atom. The topological polar surface area (TPSA) is 95.6 Å². The molecule has 8 heteroatoms. The molecule has 178 valence electrons. The van der Waals surface area contributed by atoms with Gasteiger partial charge in [-0.15, -0.1) is 0 Å². The molecule has 0 radical (unpaired) electrons. The molecule has 0 saturated heterocycles. The zero-order valence-corrected chi connectivity index (χ0v) is 20.7. The second-order valence-electron chi connectivity index (χ2n) is 9.60. The summed E-state index contributed by atoms with van der Waals surface area (Å²) in [5.41, 5.74) is 1.06. The van der Waals surface area contributed by atoms with Gasteiger partial charge < -0.3 is 15.5 Å². The number of anilines is 1. The molecular weight excluding hydrogens is 426 g/mol. The average molecular weight is 464 g/mol. The molecule has 3 amide bonds. The first-order valence-electron chi connectivity index (χ1n) is 11.3. The largest absolute Gasteiger partial charge is 0.352 e. The van der Waals surface area contributed by atoms with E-state index in [1.165, 1.54) is 11.3 Å². The number of benzene rings is 1. The van der Waals surface area contributed by atoms with Crippen LogP contribution in [0.1, 0.15) is 65.4 Å². The van der Waals surface area contributed by atoms with Crippen molar-refractivity contribution in [3.63, 3.8) is 0 Å². The predicted molar refractivity (Wildman–Crippen MR) is 129 cm³/mol. The Kier molecular flexibility index (Phi) is 9.43. The maximum absolute atomic E-state index is 13.0. The second-order valence-corrected chi connectivity index (χ2v) is 11.1. The van der Waals surface area contributed by atoms with Gasteiger partial charge in [0.2, 0.25) is 17.7 Å². The Hall–Kier alpha value is -2.22. The molecule has 1 fully saturated rings. The van der Waals surface area contributed by atoms with E-state index in [-0.39, 0.29) is 23.5 Å². The van der Waals surface area contributed by atoms with Gasteiger partial charge in [0.25, 0.3) is 0 Å². The van der Waals surface area contributed by atoms with Gasteiger partial charge in [0, 0.05) is 28.1 Å². The van der Waals surface area contributed by atoms with E-state index < -0.39 is 34.2 Å². The number of aryl methyl sites for hydroxylation is 1. The summed E-state index contributed by atoms with van der Waals surface area (Å²) in [6.45, 7) is 9.20. The van der Waals surface area contributed by atoms with Crippen molar-refractivity contribution in [2.75, 3.05) is 16.8 Å². The van der Waals surface area contributed by atoms with Crippen LogP contribution in [0.25, 0.3) is 0 Å². The van der Waals surface area contributed by atoms with Crippen molar-refractivity contribution in [3.8, 4) is 0 Å². The number of nitrogens with zero attached hydrogens (tertiary/aromatic N) is 1. The van der Waals surface area contributed by atoms with Gasteiger partial charge in [-0.2, -0.15) is 0 Å². The van der Waals surface area contributed by atoms with Gasteiger partial charge in [-0.25, -0.2) is 0 Å². The van der Waals surface area contributed by atoms with Crippen molar-refractivity contribution in [1.82, 2.24) is 10.2 Å². The van der Waals surface area contributed by atoms with Crippen LogP contribution in [0.2, 0.25) is 0 Å². The van der Waals surface area contributed by atoms with E-state index in [9.17, 15) is 18.6 Å². The van der Waals surface area contributed by atoms with Crippen LogP contribution in [0.15, 0.2) is 24.3 Å². The minimum absolute atomic E-state index is 0.148. The van der Waals surface area contributed by atoms with Gasteiger partial charge in [0.15, 0.2) is 0 Å². The SMILES string of the molecule is Cc1ccc(NC(=O)C[S@@](=O)CC(=O)N([C@@H](C)C(=O)NC2CCCCC2)C(C)(C)C)cc1. The van der Waals surface area contributed by atoms with Gasteiger partial charge in [0.1, 0.15) is 17.5 Å². The van der Waals surface area contributed by atoms with Crippen molar-refractivity contribution >= 4 is 34.2 Å². The van der Waals surface area contributed by atoms with E-state index in [1.54, 1.807) is 19.1 Å². The summed E-state index contributed by atoms with van der Waals surface area (Å²) in [6, 6.07) is 6.75. The van der Waals surface area contributed by atoms with Crippen LogP contribution < -0.4 is 10.6 Å². The Morgan fingerprint density at radius 3 is 2.22 bits per heavy atom. The lowest BCUT2D eigenvalue weighted by atomic mass is 9.95. The standard InChI is InChI=1S/C24H37N3O4S/c1-17-11-13-20(14-12-17)25-21(28)15-32(31)16-22(29)27(24(3,4)5)18(2)23(30)26-19-9-7-6-8-10-19/h11-14,18-19H,6-10,15-16H2,1-5H3,(H,25,28)(H,26,30)/t18-,32+/m0/s1. The second kappa shape index (κ2) is 11.6. The molecule has 2 rings (SSSR count). The van der Waals surface area contributed by atoms with E-state index in [0.717, 1.165) is 31.2 Å². The van der Waals surface area contributed by atoms with E-state index in [2.05, 4.69) is 10.6 Å². The zero-order chi connectivity index (χ0) is 23.9. The molecule has 0 aromatic heterocycles. The zero-order valence-electron chi connectivity index (χ0n) is 19.9. The molecule has 0 aliphatic heterocycles. The maximum Gasteiger partial charge on any atom is 0.242 e. The molecule has 0 bridgehead atoms. The fourth-order valence-corrected chi connectivity index (χ4v) is 4.98. The highest BCUT2D eigenvalue weighted by Gasteiger charge is 2.36. The van der Waals surface area contributed by atoms with Gasteiger partial charge in [-0.3, -0.25) is 18.6 Å². The van der Waals surface area contributed by atoms with Crippen LogP contribution in [-0.4, -0.2) is 56.0 Å². The molecule has 1 aromatic carbocycles. The van der Waals surface area contributed by atoms with E-state index in [0.29, 0.717) is 5.69 Å². The summed E-state index contributed by atoms with van der Waals surface area (Å²) >= 11 is 0. The molecule has 1 saturated carbocycles. The first-order chi connectivity index (χ1) is 15.0. The van der Waals surface area contributed by atoms with Crippen LogP contribution >= 0.6 is 0 Å². The monoisotopic (exact) mass is 463 g/mol. The molecule has 2 atom stereocenters. The summed E-state index contributed by atoms with van der Waals surface area (Å²) in [5.74, 6) is -1.58. The molecule has 1 aliphatic carbocycles. The fourth-order valence-electron chi connectivity index (χ4n) is 4.10. The van der Waals surface area contributed by atoms with Crippen LogP contribution in [0.5, 0.6) is 0 Å². The van der Waals surface area contributed by atoms with Crippen LogP contribution in [0.3, 0.4) is 0 Å². The van der Waals surface area contributed by atoms with E-state index >= 15 is 0 Å². The highest BCUT2D eigenvalue weighted by molar-refractivity contribution is 7.86. The van der Waals surface area contributed by atoms with E-state index in [1.807, 2.05) is 39.8 Å². The number of carbonyl (C=O) groups is 3. The molecular formula is C24H37N3O4S. The number of nitrogens with one attached hydrogen (secondary N) is 2. The minimum Gasteiger partial charge on any atom is -0.352 e.